The molecule has 1 N–H and O–H groups in total. The lowest BCUT2D eigenvalue weighted by atomic mass is 9.73. The van der Waals surface area contributed by atoms with Gasteiger partial charge in [0.2, 0.25) is 0 Å². The zero-order valence-corrected chi connectivity index (χ0v) is 13.5. The van der Waals surface area contributed by atoms with Gasteiger partial charge in [0, 0.05) is 18.4 Å². The van der Waals surface area contributed by atoms with E-state index in [1.54, 1.807) is 0 Å². The number of aromatic nitrogens is 1. The highest BCUT2D eigenvalue weighted by Crippen LogP contribution is 2.39. The largest absolute Gasteiger partial charge is 0.310 e. The smallest absolute Gasteiger partial charge is 0.0366 e. The highest BCUT2D eigenvalue weighted by atomic mass is 14.9. The van der Waals surface area contributed by atoms with E-state index in [1.807, 2.05) is 6.20 Å². The Balaban J connectivity index is 2.09. The van der Waals surface area contributed by atoms with Gasteiger partial charge in [-0.05, 0) is 74.1 Å². The van der Waals surface area contributed by atoms with Gasteiger partial charge in [-0.25, -0.2) is 0 Å². The summed E-state index contributed by atoms with van der Waals surface area (Å²) >= 11 is 0. The van der Waals surface area contributed by atoms with E-state index in [0.717, 1.165) is 24.3 Å². The third-order valence-corrected chi connectivity index (χ3v) is 5.07. The zero-order chi connectivity index (χ0) is 14.5. The molecule has 0 amide bonds. The normalized spacial score (nSPS) is 24.9. The first-order valence-corrected chi connectivity index (χ1v) is 8.27. The summed E-state index contributed by atoms with van der Waals surface area (Å²) in [6.45, 7) is 10.2. The summed E-state index contributed by atoms with van der Waals surface area (Å²) < 4.78 is 0. The van der Waals surface area contributed by atoms with Crippen LogP contribution in [0, 0.1) is 24.7 Å². The molecule has 1 saturated carbocycles. The SMILES string of the molecule is CCNC(c1cnccc1C)C1CCC(C(C)C)CC1. The van der Waals surface area contributed by atoms with Crippen molar-refractivity contribution in [3.8, 4) is 0 Å². The van der Waals surface area contributed by atoms with Gasteiger partial charge < -0.3 is 5.32 Å². The summed E-state index contributed by atoms with van der Waals surface area (Å²) in [7, 11) is 0. The van der Waals surface area contributed by atoms with E-state index >= 15 is 0 Å². The van der Waals surface area contributed by atoms with Crippen LogP contribution in [0.3, 0.4) is 0 Å². The molecule has 20 heavy (non-hydrogen) atoms. The molecular formula is C18H30N2. The third-order valence-electron chi connectivity index (χ3n) is 5.07. The Bertz CT molecular complexity index is 406. The molecule has 0 aromatic carbocycles. The maximum atomic E-state index is 4.35. The van der Waals surface area contributed by atoms with Gasteiger partial charge in [-0.3, -0.25) is 4.98 Å². The highest BCUT2D eigenvalue weighted by molar-refractivity contribution is 5.25. The zero-order valence-electron chi connectivity index (χ0n) is 13.5. The molecule has 0 bridgehead atoms. The Hall–Kier alpha value is -0.890. The van der Waals surface area contributed by atoms with Crippen molar-refractivity contribution in [3.05, 3.63) is 29.6 Å². The fourth-order valence-electron chi connectivity index (χ4n) is 3.70. The lowest BCUT2D eigenvalue weighted by molar-refractivity contribution is 0.189. The second-order valence-corrected chi connectivity index (χ2v) is 6.69. The van der Waals surface area contributed by atoms with Crippen molar-refractivity contribution in [3.63, 3.8) is 0 Å². The minimum Gasteiger partial charge on any atom is -0.310 e. The van der Waals surface area contributed by atoms with Gasteiger partial charge in [-0.2, -0.15) is 0 Å². The summed E-state index contributed by atoms with van der Waals surface area (Å²) in [6.07, 6.45) is 9.46. The first-order valence-electron chi connectivity index (χ1n) is 8.27. The average molecular weight is 274 g/mol. The maximum absolute atomic E-state index is 4.35. The molecule has 1 fully saturated rings. The molecule has 0 radical (unpaired) electrons. The van der Waals surface area contributed by atoms with E-state index in [1.165, 1.54) is 36.8 Å². The molecule has 2 heteroatoms. The average Bonchev–Trinajstić information content (AvgIpc) is 2.46. The molecular weight excluding hydrogens is 244 g/mol. The first kappa shape index (κ1) is 15.5. The second kappa shape index (κ2) is 7.21. The standard InChI is InChI=1S/C18H30N2/c1-5-20-18(17-12-19-11-10-14(17)4)16-8-6-15(7-9-16)13(2)3/h10-13,15-16,18,20H,5-9H2,1-4H3. The van der Waals surface area contributed by atoms with Gasteiger partial charge in [0.15, 0.2) is 0 Å². The quantitative estimate of drug-likeness (QED) is 0.855. The van der Waals surface area contributed by atoms with Crippen LogP contribution in [0.4, 0.5) is 0 Å². The summed E-state index contributed by atoms with van der Waals surface area (Å²) in [5.74, 6) is 2.55. The molecule has 1 unspecified atom stereocenters. The molecule has 0 spiro atoms. The van der Waals surface area contributed by atoms with E-state index < -0.39 is 0 Å². The van der Waals surface area contributed by atoms with Crippen LogP contribution in [0.5, 0.6) is 0 Å². The molecule has 0 aliphatic heterocycles. The molecule has 112 valence electrons. The number of aryl methyl sites for hydroxylation is 1. The minimum absolute atomic E-state index is 0.488. The number of hydrogen-bond donors (Lipinski definition) is 1. The van der Waals surface area contributed by atoms with Crippen molar-refractivity contribution >= 4 is 0 Å². The Morgan fingerprint density at radius 1 is 1.20 bits per heavy atom. The topological polar surface area (TPSA) is 24.9 Å². The van der Waals surface area contributed by atoms with E-state index in [2.05, 4.69) is 50.3 Å². The summed E-state index contributed by atoms with van der Waals surface area (Å²) in [5, 5.41) is 3.71. The fraction of sp³-hybridized carbons (Fsp3) is 0.722. The lowest BCUT2D eigenvalue weighted by Crippen LogP contribution is -2.32. The predicted octanol–water partition coefficient (Wildman–Crippen LogP) is 4.50. The van der Waals surface area contributed by atoms with Crippen LogP contribution >= 0.6 is 0 Å². The predicted molar refractivity (Wildman–Crippen MR) is 85.7 cm³/mol. The van der Waals surface area contributed by atoms with Crippen LogP contribution in [0.25, 0.3) is 0 Å². The monoisotopic (exact) mass is 274 g/mol. The van der Waals surface area contributed by atoms with Crippen LogP contribution in [-0.4, -0.2) is 11.5 Å². The van der Waals surface area contributed by atoms with Crippen molar-refractivity contribution in [2.75, 3.05) is 6.54 Å². The fourth-order valence-corrected chi connectivity index (χ4v) is 3.70. The molecule has 2 rings (SSSR count). The van der Waals surface area contributed by atoms with Crippen molar-refractivity contribution in [2.45, 2.75) is 59.4 Å². The van der Waals surface area contributed by atoms with Crippen LogP contribution in [0.2, 0.25) is 0 Å². The Kier molecular flexibility index (Phi) is 5.59. The molecule has 1 aliphatic carbocycles. The lowest BCUT2D eigenvalue weighted by Gasteiger charge is -2.36. The van der Waals surface area contributed by atoms with Crippen LogP contribution in [0.1, 0.15) is 63.6 Å². The number of hydrogen-bond acceptors (Lipinski definition) is 2. The Labute approximate surface area is 124 Å². The highest BCUT2D eigenvalue weighted by Gasteiger charge is 2.29. The van der Waals surface area contributed by atoms with Crippen LogP contribution in [-0.2, 0) is 0 Å². The number of rotatable bonds is 5. The van der Waals surface area contributed by atoms with E-state index in [-0.39, 0.29) is 0 Å². The van der Waals surface area contributed by atoms with E-state index in [4.69, 9.17) is 0 Å². The number of pyridine rings is 1. The molecule has 1 atom stereocenters. The molecule has 1 heterocycles. The number of nitrogens with zero attached hydrogens (tertiary/aromatic N) is 1. The Morgan fingerprint density at radius 3 is 2.40 bits per heavy atom. The number of nitrogens with one attached hydrogen (secondary N) is 1. The molecule has 1 aliphatic rings. The maximum Gasteiger partial charge on any atom is 0.0366 e. The second-order valence-electron chi connectivity index (χ2n) is 6.69. The van der Waals surface area contributed by atoms with E-state index in [9.17, 15) is 0 Å². The van der Waals surface area contributed by atoms with Crippen LogP contribution < -0.4 is 5.32 Å². The van der Waals surface area contributed by atoms with Crippen LogP contribution in [0.15, 0.2) is 18.5 Å². The van der Waals surface area contributed by atoms with Crippen molar-refractivity contribution in [1.29, 1.82) is 0 Å². The summed E-state index contributed by atoms with van der Waals surface area (Å²) in [6, 6.07) is 2.63. The van der Waals surface area contributed by atoms with Gasteiger partial charge in [0.1, 0.15) is 0 Å². The molecule has 1 aromatic heterocycles. The summed E-state index contributed by atoms with van der Waals surface area (Å²) in [5.41, 5.74) is 2.78. The van der Waals surface area contributed by atoms with Crippen molar-refractivity contribution in [2.24, 2.45) is 17.8 Å². The summed E-state index contributed by atoms with van der Waals surface area (Å²) in [4.78, 5) is 4.35. The van der Waals surface area contributed by atoms with Gasteiger partial charge in [0.05, 0.1) is 0 Å². The van der Waals surface area contributed by atoms with Gasteiger partial charge in [0.25, 0.3) is 0 Å². The molecule has 0 saturated heterocycles. The van der Waals surface area contributed by atoms with Gasteiger partial charge in [-0.15, -0.1) is 0 Å². The van der Waals surface area contributed by atoms with E-state index in [0.29, 0.717) is 6.04 Å². The molecule has 2 nitrogen and oxygen atoms in total. The van der Waals surface area contributed by atoms with Crippen molar-refractivity contribution < 1.29 is 0 Å². The molecule has 1 aromatic rings. The minimum atomic E-state index is 0.488. The Morgan fingerprint density at radius 2 is 1.85 bits per heavy atom. The van der Waals surface area contributed by atoms with Crippen molar-refractivity contribution in [1.82, 2.24) is 10.3 Å². The first-order chi connectivity index (χ1) is 9.63. The van der Waals surface area contributed by atoms with Gasteiger partial charge in [-0.1, -0.05) is 20.8 Å². The van der Waals surface area contributed by atoms with Gasteiger partial charge >= 0.3 is 0 Å². The third kappa shape index (κ3) is 3.60.